The van der Waals surface area contributed by atoms with Crippen molar-refractivity contribution in [3.63, 3.8) is 0 Å². The Hall–Kier alpha value is -2.77. The van der Waals surface area contributed by atoms with Gasteiger partial charge in [0, 0.05) is 12.7 Å². The van der Waals surface area contributed by atoms with E-state index in [1.165, 1.54) is 11.0 Å². The lowest BCUT2D eigenvalue weighted by molar-refractivity contribution is 0.0309. The van der Waals surface area contributed by atoms with Gasteiger partial charge in [0.2, 0.25) is 0 Å². The molecule has 5 rings (SSSR count). The fourth-order valence-corrected chi connectivity index (χ4v) is 4.49. The van der Waals surface area contributed by atoms with E-state index >= 15 is 0 Å². The van der Waals surface area contributed by atoms with Gasteiger partial charge < -0.3 is 20.2 Å². The van der Waals surface area contributed by atoms with Gasteiger partial charge in [-0.05, 0) is 41.9 Å². The van der Waals surface area contributed by atoms with Crippen LogP contribution in [0, 0.1) is 5.82 Å². The van der Waals surface area contributed by atoms with Crippen LogP contribution in [0.25, 0.3) is 5.65 Å². The van der Waals surface area contributed by atoms with Crippen LogP contribution in [0.3, 0.4) is 0 Å². The first-order valence-corrected chi connectivity index (χ1v) is 10.5. The highest BCUT2D eigenvalue weighted by Gasteiger charge is 2.31. The summed E-state index contributed by atoms with van der Waals surface area (Å²) in [4.78, 5) is 20.8. The summed E-state index contributed by atoms with van der Waals surface area (Å²) in [5.74, 6) is 0.511. The summed E-state index contributed by atoms with van der Waals surface area (Å²) in [6.45, 7) is 1.46. The summed E-state index contributed by atoms with van der Waals surface area (Å²) in [6, 6.07) is 6.47. The first-order valence-electron chi connectivity index (χ1n) is 9.89. The second kappa shape index (κ2) is 7.49. The lowest BCUT2D eigenvalue weighted by Crippen LogP contribution is -2.54. The Morgan fingerprint density at radius 2 is 2.13 bits per heavy atom. The van der Waals surface area contributed by atoms with Gasteiger partial charge in [0.1, 0.15) is 17.3 Å². The van der Waals surface area contributed by atoms with E-state index in [2.05, 4.69) is 24.6 Å². The monoisotopic (exact) mass is 428 g/mol. The molecule has 1 aromatic carbocycles. The zero-order chi connectivity index (χ0) is 20.8. The molecule has 2 unspecified atom stereocenters. The molecule has 2 fully saturated rings. The molecule has 2 aromatic heterocycles. The summed E-state index contributed by atoms with van der Waals surface area (Å²) in [7, 11) is 2.69. The van der Waals surface area contributed by atoms with Crippen LogP contribution < -0.4 is 15.5 Å². The Kier molecular flexibility index (Phi) is 4.79. The molecule has 2 N–H and O–H groups in total. The van der Waals surface area contributed by atoms with Gasteiger partial charge in [-0.2, -0.15) is 5.10 Å². The van der Waals surface area contributed by atoms with Gasteiger partial charge in [0.25, 0.3) is 0 Å². The second-order valence-corrected chi connectivity index (χ2v) is 8.35. The highest BCUT2D eigenvalue weighted by molar-refractivity contribution is 7.27. The topological polar surface area (TPSA) is 86.0 Å². The number of carbonyl (C=O) groups excluding carboxylic acids is 1. The Labute approximate surface area is 174 Å². The van der Waals surface area contributed by atoms with E-state index in [1.54, 1.807) is 22.8 Å². The number of β-amino-alcohol motifs (C(OH)–C–C–N with tert-alkyl or cyclic N) is 1. The van der Waals surface area contributed by atoms with E-state index in [1.807, 2.05) is 12.3 Å². The van der Waals surface area contributed by atoms with Crippen LogP contribution in [0.1, 0.15) is 24.4 Å². The maximum atomic E-state index is 13.9. The number of nitrogens with zero attached hydrogens (tertiary/aromatic N) is 5. The molecule has 2 saturated heterocycles. The van der Waals surface area contributed by atoms with Crippen LogP contribution in [0.5, 0.6) is 0 Å². The van der Waals surface area contributed by atoms with Crippen molar-refractivity contribution in [3.8, 4) is 0 Å². The van der Waals surface area contributed by atoms with Crippen LogP contribution in [0.15, 0.2) is 36.7 Å². The van der Waals surface area contributed by atoms with Crippen LogP contribution in [-0.2, 0) is 0 Å². The summed E-state index contributed by atoms with van der Waals surface area (Å²) in [6.07, 6.45) is 4.81. The van der Waals surface area contributed by atoms with E-state index in [-0.39, 0.29) is 17.9 Å². The lowest BCUT2D eigenvalue weighted by atomic mass is 10.0. The summed E-state index contributed by atoms with van der Waals surface area (Å²) in [5, 5.41) is 17.5. The number of fused-ring (bicyclic) bond motifs is 1. The minimum Gasteiger partial charge on any atom is -0.389 e. The number of hydrogen-bond donors (Lipinski definition) is 2. The number of urea groups is 1. The van der Waals surface area contributed by atoms with Gasteiger partial charge in [-0.15, -0.1) is 9.24 Å². The molecule has 2 amide bonds. The number of anilines is 2. The molecule has 3 aromatic rings. The lowest BCUT2D eigenvalue weighted by Gasteiger charge is -2.35. The first-order chi connectivity index (χ1) is 14.5. The predicted molar refractivity (Wildman–Crippen MR) is 115 cm³/mol. The SMILES string of the molecule is O=C(Nc1cnn2ccc(N3CCCC3c3cc(F)ccc3P)nc12)N1CC(O)C1. The number of aliphatic hydroxyl groups is 1. The Balaban J connectivity index is 1.44. The largest absolute Gasteiger partial charge is 0.389 e. The average molecular weight is 428 g/mol. The van der Waals surface area contributed by atoms with Crippen molar-refractivity contribution in [3.05, 3.63) is 48.0 Å². The third kappa shape index (κ3) is 3.38. The standard InChI is InChI=1S/C20H22FN6O2P/c21-12-3-4-17(30)14(8-12)16-2-1-6-26(16)18-5-7-27-19(24-18)15(9-22-27)23-20(29)25-10-13(28)11-25/h3-5,7-9,13,16,28H,1-2,6,10-11,30H2,(H,23,29). The molecule has 0 radical (unpaired) electrons. The average Bonchev–Trinajstić information content (AvgIpc) is 3.34. The number of nitrogens with one attached hydrogen (secondary N) is 1. The molecular weight excluding hydrogens is 406 g/mol. The highest BCUT2D eigenvalue weighted by Crippen LogP contribution is 2.35. The number of halogens is 1. The van der Waals surface area contributed by atoms with E-state index in [0.717, 1.165) is 36.1 Å². The van der Waals surface area contributed by atoms with Crippen molar-refractivity contribution in [2.24, 2.45) is 0 Å². The van der Waals surface area contributed by atoms with Crippen molar-refractivity contribution in [2.75, 3.05) is 29.9 Å². The van der Waals surface area contributed by atoms with E-state index in [0.29, 0.717) is 24.4 Å². The molecule has 0 aliphatic carbocycles. The zero-order valence-corrected chi connectivity index (χ0v) is 17.4. The van der Waals surface area contributed by atoms with Crippen molar-refractivity contribution in [2.45, 2.75) is 25.0 Å². The summed E-state index contributed by atoms with van der Waals surface area (Å²) < 4.78 is 15.5. The Bertz CT molecular complexity index is 1120. The van der Waals surface area contributed by atoms with Crippen molar-refractivity contribution >= 4 is 37.7 Å². The minimum atomic E-state index is -0.457. The number of rotatable bonds is 3. The van der Waals surface area contributed by atoms with Gasteiger partial charge in [-0.1, -0.05) is 6.07 Å². The van der Waals surface area contributed by atoms with Crippen LogP contribution >= 0.6 is 9.24 Å². The normalized spacial score (nSPS) is 19.4. The zero-order valence-electron chi connectivity index (χ0n) is 16.2. The minimum absolute atomic E-state index is 0.0340. The molecule has 0 spiro atoms. The summed E-state index contributed by atoms with van der Waals surface area (Å²) >= 11 is 0. The number of aliphatic hydroxyl groups excluding tert-OH is 1. The highest BCUT2D eigenvalue weighted by atomic mass is 31.0. The molecule has 2 aliphatic rings. The third-order valence-corrected chi connectivity index (χ3v) is 6.23. The number of amides is 2. The van der Waals surface area contributed by atoms with Gasteiger partial charge in [-0.3, -0.25) is 0 Å². The molecule has 4 heterocycles. The van der Waals surface area contributed by atoms with Crippen LogP contribution in [0.4, 0.5) is 20.7 Å². The smallest absolute Gasteiger partial charge is 0.322 e. The predicted octanol–water partition coefficient (Wildman–Crippen LogP) is 1.92. The molecule has 0 saturated carbocycles. The van der Waals surface area contributed by atoms with Crippen molar-refractivity contribution < 1.29 is 14.3 Å². The van der Waals surface area contributed by atoms with Gasteiger partial charge in [-0.25, -0.2) is 18.7 Å². The molecular formula is C20H22FN6O2P. The van der Waals surface area contributed by atoms with E-state index in [9.17, 15) is 14.3 Å². The van der Waals surface area contributed by atoms with Gasteiger partial charge in [0.05, 0.1) is 31.4 Å². The molecule has 2 aliphatic heterocycles. The number of aromatic nitrogens is 3. The maximum Gasteiger partial charge on any atom is 0.322 e. The Morgan fingerprint density at radius 3 is 2.93 bits per heavy atom. The van der Waals surface area contributed by atoms with Crippen LogP contribution in [-0.4, -0.2) is 56.4 Å². The number of benzene rings is 1. The summed E-state index contributed by atoms with van der Waals surface area (Å²) in [5.41, 5.74) is 1.99. The number of carbonyl (C=O) groups is 1. The third-order valence-electron chi connectivity index (χ3n) is 5.70. The number of likely N-dealkylation sites (tertiary alicyclic amines) is 1. The fourth-order valence-electron chi connectivity index (χ4n) is 4.12. The van der Waals surface area contributed by atoms with Crippen LogP contribution in [0.2, 0.25) is 0 Å². The Morgan fingerprint density at radius 1 is 1.30 bits per heavy atom. The van der Waals surface area contributed by atoms with Gasteiger partial charge in [0.15, 0.2) is 5.65 Å². The molecule has 30 heavy (non-hydrogen) atoms. The quantitative estimate of drug-likeness (QED) is 0.623. The van der Waals surface area contributed by atoms with E-state index < -0.39 is 6.10 Å². The van der Waals surface area contributed by atoms with E-state index in [4.69, 9.17) is 4.98 Å². The second-order valence-electron chi connectivity index (χ2n) is 7.73. The molecule has 10 heteroatoms. The molecule has 8 nitrogen and oxygen atoms in total. The molecule has 156 valence electrons. The van der Waals surface area contributed by atoms with Crippen molar-refractivity contribution in [1.82, 2.24) is 19.5 Å². The van der Waals surface area contributed by atoms with Gasteiger partial charge >= 0.3 is 6.03 Å². The fraction of sp³-hybridized carbons (Fsp3) is 0.350. The number of hydrogen-bond acceptors (Lipinski definition) is 5. The molecule has 0 bridgehead atoms. The molecule has 2 atom stereocenters. The maximum absolute atomic E-state index is 13.9. The first kappa shape index (κ1) is 19.2. The van der Waals surface area contributed by atoms with Crippen molar-refractivity contribution in [1.29, 1.82) is 0 Å².